The highest BCUT2D eigenvalue weighted by Crippen LogP contribution is 2.30. The summed E-state index contributed by atoms with van der Waals surface area (Å²) < 4.78 is 7.54. The van der Waals surface area contributed by atoms with Crippen LogP contribution in [-0.2, 0) is 22.6 Å². The maximum Gasteiger partial charge on any atom is 0.246 e. The van der Waals surface area contributed by atoms with Crippen LogP contribution in [-0.4, -0.2) is 35.0 Å². The molecular formula is C23H23N3O3S. The summed E-state index contributed by atoms with van der Waals surface area (Å²) >= 11 is 1.36. The lowest BCUT2D eigenvalue weighted by molar-refractivity contribution is -0.125. The fourth-order valence-corrected chi connectivity index (χ4v) is 4.23. The molecule has 1 aromatic carbocycles. The Bertz CT molecular complexity index is 1150. The molecule has 4 rings (SSSR count). The topological polar surface area (TPSA) is 66.7 Å². The van der Waals surface area contributed by atoms with Crippen molar-refractivity contribution in [1.82, 2.24) is 9.88 Å². The number of pyridine rings is 1. The average Bonchev–Trinajstić information content (AvgIpc) is 3.07. The molecule has 2 aromatic heterocycles. The zero-order valence-electron chi connectivity index (χ0n) is 17.2. The van der Waals surface area contributed by atoms with Crippen LogP contribution in [0.1, 0.15) is 28.9 Å². The molecule has 1 aliphatic rings. The standard InChI is InChI=1S/C23H23N3O3S/c1-15-18-6-4-5-7-19(18)29-20(15)14-25(2)21(27)10-8-16-12-17-9-11-22(28)26(30-3)23(17)24-13-16/h4-8,10,12-13H,9,11,14H2,1-3H3/b10-8+. The molecule has 7 heteroatoms. The number of fused-ring (bicyclic) bond motifs is 2. The minimum Gasteiger partial charge on any atom is -0.459 e. The van der Waals surface area contributed by atoms with Crippen molar-refractivity contribution in [3.63, 3.8) is 0 Å². The summed E-state index contributed by atoms with van der Waals surface area (Å²) in [6.45, 7) is 2.41. The van der Waals surface area contributed by atoms with Gasteiger partial charge in [0.1, 0.15) is 17.2 Å². The molecule has 3 aromatic rings. The van der Waals surface area contributed by atoms with E-state index < -0.39 is 0 Å². The number of hydrogen-bond acceptors (Lipinski definition) is 5. The molecule has 154 valence electrons. The molecule has 0 unspecified atom stereocenters. The predicted molar refractivity (Wildman–Crippen MR) is 120 cm³/mol. The second-order valence-corrected chi connectivity index (χ2v) is 8.03. The first kappa shape index (κ1) is 20.2. The number of furan rings is 1. The van der Waals surface area contributed by atoms with E-state index in [2.05, 4.69) is 4.98 Å². The van der Waals surface area contributed by atoms with Gasteiger partial charge in [0.25, 0.3) is 0 Å². The van der Waals surface area contributed by atoms with Gasteiger partial charge in [0.05, 0.1) is 6.54 Å². The lowest BCUT2D eigenvalue weighted by atomic mass is 10.0. The molecule has 3 heterocycles. The minimum atomic E-state index is -0.117. The van der Waals surface area contributed by atoms with Gasteiger partial charge in [0.15, 0.2) is 0 Å². The number of likely N-dealkylation sites (N-methyl/N-ethyl adjacent to an activating group) is 1. The highest BCUT2D eigenvalue weighted by atomic mass is 32.2. The lowest BCUT2D eigenvalue weighted by Crippen LogP contribution is -2.29. The van der Waals surface area contributed by atoms with Crippen molar-refractivity contribution in [2.75, 3.05) is 17.6 Å². The zero-order valence-corrected chi connectivity index (χ0v) is 18.0. The quantitative estimate of drug-likeness (QED) is 0.452. The van der Waals surface area contributed by atoms with Gasteiger partial charge in [-0.05, 0) is 54.6 Å². The number of rotatable bonds is 5. The van der Waals surface area contributed by atoms with Gasteiger partial charge in [0, 0.05) is 42.9 Å². The van der Waals surface area contributed by atoms with Crippen LogP contribution in [0.25, 0.3) is 17.0 Å². The third kappa shape index (κ3) is 3.85. The van der Waals surface area contributed by atoms with Gasteiger partial charge >= 0.3 is 0 Å². The fraction of sp³-hybridized carbons (Fsp3) is 0.261. The lowest BCUT2D eigenvalue weighted by Gasteiger charge is -2.25. The molecule has 6 nitrogen and oxygen atoms in total. The van der Waals surface area contributed by atoms with Crippen molar-refractivity contribution in [2.24, 2.45) is 0 Å². The van der Waals surface area contributed by atoms with Gasteiger partial charge in [-0.15, -0.1) is 0 Å². The van der Waals surface area contributed by atoms with Crippen LogP contribution in [0.2, 0.25) is 0 Å². The first-order valence-electron chi connectivity index (χ1n) is 9.74. The van der Waals surface area contributed by atoms with Gasteiger partial charge in [-0.25, -0.2) is 9.29 Å². The SMILES string of the molecule is CSN1C(=O)CCc2cc(/C=C/C(=O)N(C)Cc3oc4ccccc4c3C)cnc21. The number of aromatic nitrogens is 1. The molecular weight excluding hydrogens is 398 g/mol. The molecule has 0 saturated heterocycles. The Morgan fingerprint density at radius 3 is 2.90 bits per heavy atom. The van der Waals surface area contributed by atoms with Crippen LogP contribution in [0.4, 0.5) is 5.82 Å². The molecule has 0 saturated carbocycles. The molecule has 0 radical (unpaired) electrons. The summed E-state index contributed by atoms with van der Waals surface area (Å²) in [7, 11) is 1.76. The highest BCUT2D eigenvalue weighted by Gasteiger charge is 2.25. The summed E-state index contributed by atoms with van der Waals surface area (Å²) in [6.07, 6.45) is 7.99. The molecule has 0 bridgehead atoms. The number of aryl methyl sites for hydroxylation is 2. The van der Waals surface area contributed by atoms with Gasteiger partial charge in [-0.1, -0.05) is 18.2 Å². The number of benzene rings is 1. The Hall–Kier alpha value is -3.06. The second kappa shape index (κ2) is 8.36. The molecule has 2 amide bonds. The monoisotopic (exact) mass is 421 g/mol. The van der Waals surface area contributed by atoms with Crippen molar-refractivity contribution in [3.05, 3.63) is 65.1 Å². The van der Waals surface area contributed by atoms with E-state index in [9.17, 15) is 9.59 Å². The molecule has 0 N–H and O–H groups in total. The first-order valence-corrected chi connectivity index (χ1v) is 10.9. The molecule has 30 heavy (non-hydrogen) atoms. The normalized spacial score (nSPS) is 13.8. The number of para-hydroxylation sites is 1. The van der Waals surface area contributed by atoms with Gasteiger partial charge in [-0.3, -0.25) is 9.59 Å². The number of anilines is 1. The van der Waals surface area contributed by atoms with E-state index in [-0.39, 0.29) is 11.8 Å². The number of nitrogens with zero attached hydrogens (tertiary/aromatic N) is 3. The van der Waals surface area contributed by atoms with Crippen molar-refractivity contribution >= 4 is 46.6 Å². The van der Waals surface area contributed by atoms with E-state index in [1.807, 2.05) is 43.5 Å². The minimum absolute atomic E-state index is 0.0727. The van der Waals surface area contributed by atoms with Gasteiger partial charge in [0.2, 0.25) is 11.8 Å². The first-order chi connectivity index (χ1) is 14.5. The van der Waals surface area contributed by atoms with Crippen LogP contribution in [0.15, 0.2) is 47.0 Å². The van der Waals surface area contributed by atoms with Crippen LogP contribution < -0.4 is 4.31 Å². The summed E-state index contributed by atoms with van der Waals surface area (Å²) in [6, 6.07) is 9.86. The Morgan fingerprint density at radius 1 is 1.33 bits per heavy atom. The van der Waals surface area contributed by atoms with Crippen molar-refractivity contribution in [1.29, 1.82) is 0 Å². The Labute approximate surface area is 179 Å². The van der Waals surface area contributed by atoms with Crippen LogP contribution >= 0.6 is 11.9 Å². The third-order valence-corrected chi connectivity index (χ3v) is 6.03. The van der Waals surface area contributed by atoms with E-state index in [1.165, 1.54) is 11.9 Å². The maximum absolute atomic E-state index is 12.6. The van der Waals surface area contributed by atoms with E-state index in [4.69, 9.17) is 4.42 Å². The van der Waals surface area contributed by atoms with Crippen LogP contribution in [0, 0.1) is 6.92 Å². The second-order valence-electron chi connectivity index (χ2n) is 7.30. The van der Waals surface area contributed by atoms with Crippen LogP contribution in [0.5, 0.6) is 0 Å². The number of amides is 2. The maximum atomic E-state index is 12.6. The number of carbonyl (C=O) groups is 2. The number of carbonyl (C=O) groups excluding carboxylic acids is 2. The van der Waals surface area contributed by atoms with Crippen molar-refractivity contribution < 1.29 is 14.0 Å². The molecule has 0 fully saturated rings. The van der Waals surface area contributed by atoms with E-state index in [1.54, 1.807) is 34.6 Å². The summed E-state index contributed by atoms with van der Waals surface area (Å²) in [5.41, 5.74) is 3.75. The molecule has 0 aliphatic carbocycles. The van der Waals surface area contributed by atoms with Gasteiger partial charge < -0.3 is 9.32 Å². The fourth-order valence-electron chi connectivity index (χ4n) is 3.59. The smallest absolute Gasteiger partial charge is 0.246 e. The predicted octanol–water partition coefficient (Wildman–Crippen LogP) is 4.37. The summed E-state index contributed by atoms with van der Waals surface area (Å²) in [5.74, 6) is 1.44. The highest BCUT2D eigenvalue weighted by molar-refractivity contribution is 8.00. The largest absolute Gasteiger partial charge is 0.459 e. The average molecular weight is 422 g/mol. The molecule has 0 spiro atoms. The van der Waals surface area contributed by atoms with Crippen LogP contribution in [0.3, 0.4) is 0 Å². The number of hydrogen-bond donors (Lipinski definition) is 0. The Morgan fingerprint density at radius 2 is 2.13 bits per heavy atom. The zero-order chi connectivity index (χ0) is 21.3. The van der Waals surface area contributed by atoms with Crippen molar-refractivity contribution in [3.8, 4) is 0 Å². The van der Waals surface area contributed by atoms with Gasteiger partial charge in [-0.2, -0.15) is 0 Å². The van der Waals surface area contributed by atoms with E-state index in [0.717, 1.165) is 33.4 Å². The van der Waals surface area contributed by atoms with E-state index >= 15 is 0 Å². The third-order valence-electron chi connectivity index (χ3n) is 5.29. The summed E-state index contributed by atoms with van der Waals surface area (Å²) in [4.78, 5) is 30.7. The molecule has 0 atom stereocenters. The van der Waals surface area contributed by atoms with E-state index in [0.29, 0.717) is 25.2 Å². The van der Waals surface area contributed by atoms with Crippen molar-refractivity contribution in [2.45, 2.75) is 26.3 Å². The Kier molecular flexibility index (Phi) is 5.63. The molecule has 1 aliphatic heterocycles. The summed E-state index contributed by atoms with van der Waals surface area (Å²) in [5, 5.41) is 1.07. The Balaban J connectivity index is 1.46.